The van der Waals surface area contributed by atoms with Gasteiger partial charge in [0.15, 0.2) is 0 Å². The van der Waals surface area contributed by atoms with Crippen LogP contribution in [-0.4, -0.2) is 15.0 Å². The molecule has 7 rings (SSSR count). The minimum absolute atomic E-state index is 0. The van der Waals surface area contributed by atoms with E-state index < -0.39 is 0 Å². The first kappa shape index (κ1) is 77.7. The number of nitrogens with zero attached hydrogens (tertiary/aromatic N) is 3. The quantitative estimate of drug-likeness (QED) is 0.128. The van der Waals surface area contributed by atoms with Gasteiger partial charge in [-0.15, -0.1) is 76.3 Å². The van der Waals surface area contributed by atoms with Gasteiger partial charge < -0.3 is 37.2 Å². The molecule has 56 heavy (non-hydrogen) atoms. The van der Waals surface area contributed by atoms with E-state index in [0.29, 0.717) is 0 Å². The number of fused-ring (bicyclic) bond motifs is 3. The number of hydrogen-bond donors (Lipinski definition) is 0. The molecule has 3 radical (unpaired) electrons. The van der Waals surface area contributed by atoms with E-state index in [0.717, 1.165) is 32.7 Å². The Morgan fingerprint density at radius 1 is 0.429 bits per heavy atom. The van der Waals surface area contributed by atoms with Gasteiger partial charge in [0.2, 0.25) is 0 Å². The average Bonchev–Trinajstić information content (AvgIpc) is 3.76. The minimum Gasteiger partial charge on any atom is -0.358 e. The van der Waals surface area contributed by atoms with Crippen molar-refractivity contribution in [1.29, 1.82) is 0 Å². The molecule has 4 heterocycles. The third-order valence-corrected chi connectivity index (χ3v) is 6.26. The van der Waals surface area contributed by atoms with Crippen LogP contribution in [0.5, 0.6) is 0 Å². The normalized spacial score (nSPS) is 7.25. The number of pyridine rings is 3. The summed E-state index contributed by atoms with van der Waals surface area (Å²) in [5.41, 5.74) is 4.05. The van der Waals surface area contributed by atoms with Crippen LogP contribution in [0.4, 0.5) is 0 Å². The Morgan fingerprint density at radius 2 is 0.911 bits per heavy atom. The van der Waals surface area contributed by atoms with E-state index in [2.05, 4.69) is 57.4 Å². The topological polar surface area (TPSA) is 38.7 Å². The molecule has 7 aromatic rings. The van der Waals surface area contributed by atoms with Crippen LogP contribution >= 0.6 is 11.3 Å². The first-order valence-corrected chi connectivity index (χ1v) is 17.7. The van der Waals surface area contributed by atoms with Crippen molar-refractivity contribution < 1.29 is 60.3 Å². The van der Waals surface area contributed by atoms with Gasteiger partial charge in [0, 0.05) is 78.9 Å². The predicted octanol–water partition coefficient (Wildman–Crippen LogP) is 16.7. The second kappa shape index (κ2) is 54.4. The molecule has 0 amide bonds. The zero-order valence-electron chi connectivity index (χ0n) is 34.0. The summed E-state index contributed by atoms with van der Waals surface area (Å²) < 4.78 is 0. The van der Waals surface area contributed by atoms with E-state index in [1.807, 2.05) is 166 Å². The summed E-state index contributed by atoms with van der Waals surface area (Å²) in [5.74, 6) is 0. The predicted molar refractivity (Wildman–Crippen MR) is 249 cm³/mol. The Hall–Kier alpha value is -2.72. The van der Waals surface area contributed by atoms with E-state index >= 15 is 0 Å². The van der Waals surface area contributed by atoms with Crippen LogP contribution in [0.25, 0.3) is 43.5 Å². The molecule has 0 aliphatic rings. The molecule has 3 nitrogen and oxygen atoms in total. The van der Waals surface area contributed by atoms with Crippen molar-refractivity contribution in [2.24, 2.45) is 0 Å². The Balaban J connectivity index is -0.0000000596. The molecular weight excluding hydrogens is 1240 g/mol. The summed E-state index contributed by atoms with van der Waals surface area (Å²) in [5, 5.41) is 5.47. The van der Waals surface area contributed by atoms with Crippen molar-refractivity contribution in [1.82, 2.24) is 15.0 Å². The van der Waals surface area contributed by atoms with Gasteiger partial charge in [-0.1, -0.05) is 139 Å². The van der Waals surface area contributed by atoms with Crippen molar-refractivity contribution in [2.75, 3.05) is 0 Å². The molecule has 0 aliphatic heterocycles. The van der Waals surface area contributed by atoms with E-state index in [1.165, 1.54) is 10.8 Å². The first-order chi connectivity index (χ1) is 23.4. The average molecular weight is 1310 g/mol. The number of benzene rings is 3. The fraction of sp³-hybridized carbons (Fsp3) is 0.265. The number of hydrogen-bond acceptors (Lipinski definition) is 4. The summed E-state index contributed by atoms with van der Waals surface area (Å²) in [7, 11) is 0. The van der Waals surface area contributed by atoms with Gasteiger partial charge in [-0.25, -0.2) is 11.3 Å². The third-order valence-electron chi connectivity index (χ3n) is 5.42. The molecule has 3 aromatic carbocycles. The Labute approximate surface area is 392 Å². The van der Waals surface area contributed by atoms with Crippen molar-refractivity contribution in [3.05, 3.63) is 174 Å². The fourth-order valence-corrected chi connectivity index (χ4v) is 4.34. The van der Waals surface area contributed by atoms with Crippen molar-refractivity contribution in [3.63, 3.8) is 0 Å². The van der Waals surface area contributed by atoms with Crippen LogP contribution in [-0.2, 0) is 60.3 Å². The van der Waals surface area contributed by atoms with Gasteiger partial charge in [0.25, 0.3) is 0 Å². The van der Waals surface area contributed by atoms with E-state index in [9.17, 15) is 0 Å². The zero-order chi connectivity index (χ0) is 35.1. The summed E-state index contributed by atoms with van der Waals surface area (Å²) >= 11 is 1.66. The second-order valence-corrected chi connectivity index (χ2v) is 8.79. The molecule has 0 saturated heterocycles. The monoisotopic (exact) mass is 1310 g/mol. The molecule has 4 aromatic heterocycles. The van der Waals surface area contributed by atoms with Crippen LogP contribution in [0.15, 0.2) is 133 Å². The Morgan fingerprint density at radius 3 is 1.39 bits per heavy atom. The fourth-order valence-electron chi connectivity index (χ4n) is 3.69. The van der Waals surface area contributed by atoms with Gasteiger partial charge in [-0.3, -0.25) is 0 Å². The van der Waals surface area contributed by atoms with E-state index in [1.54, 1.807) is 23.7 Å². The Bertz CT molecular complexity index is 1580. The molecule has 0 unspecified atom stereocenters. The summed E-state index contributed by atoms with van der Waals surface area (Å²) in [6, 6.07) is 45.2. The zero-order valence-corrected chi connectivity index (χ0v) is 42.0. The largest absolute Gasteiger partial charge is 0.358 e. The Kier molecular flexibility index (Phi) is 75.5. The summed E-state index contributed by atoms with van der Waals surface area (Å²) in [6.45, 7) is 20.0. The van der Waals surface area contributed by atoms with Crippen LogP contribution in [0, 0.1) is 40.5 Å². The van der Waals surface area contributed by atoms with Crippen LogP contribution in [0.3, 0.4) is 0 Å². The van der Waals surface area contributed by atoms with Gasteiger partial charge in [-0.05, 0) is 40.5 Å². The number of aromatic nitrogens is 3. The molecule has 0 bridgehead atoms. The molecule has 0 spiro atoms. The molecule has 0 atom stereocenters. The van der Waals surface area contributed by atoms with E-state index in [4.69, 9.17) is 0 Å². The molecule has 0 N–H and O–H groups in total. The maximum absolute atomic E-state index is 4.38. The summed E-state index contributed by atoms with van der Waals surface area (Å²) in [4.78, 5) is 13.9. The van der Waals surface area contributed by atoms with Gasteiger partial charge in [0.05, 0.1) is 0 Å². The summed E-state index contributed by atoms with van der Waals surface area (Å²) in [6.07, 6.45) is 5.40. The van der Waals surface area contributed by atoms with Gasteiger partial charge >= 0.3 is 0 Å². The standard InChI is InChI=1S/C13H8N.C11H8N.C9H6NS.5C2H6.3CH4.3CH3.3Ir/c1-2-6-12-10(4-1)7-8-11-5-3-9-14-13(11)12;1-2-6-10(7-3-1)11-8-4-5-9-12-11;1-2-6-10-8(4-1)9-5-3-7-11-9;5*1-2;;;;;;;;;/h1-5,7-9H;1-6,8-9H;1-4,6-7H;5*1-2H3;3*1H4;3*1H3;;;/q3*-1;;;;;;;;;3*-1;;;. The van der Waals surface area contributed by atoms with Crippen molar-refractivity contribution in [3.8, 4) is 21.8 Å². The molecule has 323 valence electrons. The molecular formula is C49H73Ir3N3S-6. The molecule has 0 fully saturated rings. The van der Waals surface area contributed by atoms with Gasteiger partial charge in [0.1, 0.15) is 0 Å². The molecule has 0 aliphatic carbocycles. The third kappa shape index (κ3) is 28.6. The number of rotatable bonds is 2. The minimum atomic E-state index is 0. The van der Waals surface area contributed by atoms with Crippen LogP contribution in [0.1, 0.15) is 91.5 Å². The number of thiophene rings is 1. The van der Waals surface area contributed by atoms with Crippen molar-refractivity contribution in [2.45, 2.75) is 91.5 Å². The SMILES string of the molecule is C.C.C.CC.CC.CC.CC.CC.[CH3-].[CH3-].[CH3-].[Ir].[Ir].[Ir].[c-]1cccc2ccc3cccnc3c12.[c-]1ccccc1-c1ccccn1.[c-]1ccsc1-c1ccccn1. The maximum atomic E-state index is 4.38. The van der Waals surface area contributed by atoms with Crippen molar-refractivity contribution >= 4 is 33.0 Å². The smallest absolute Gasteiger partial charge is 0.0161 e. The van der Waals surface area contributed by atoms with Crippen LogP contribution < -0.4 is 0 Å². The van der Waals surface area contributed by atoms with E-state index in [-0.39, 0.29) is 105 Å². The van der Waals surface area contributed by atoms with Crippen LogP contribution in [0.2, 0.25) is 0 Å². The molecule has 0 saturated carbocycles. The first-order valence-electron chi connectivity index (χ1n) is 16.8. The second-order valence-electron chi connectivity index (χ2n) is 7.88. The van der Waals surface area contributed by atoms with Gasteiger partial charge in [-0.2, -0.15) is 12.1 Å². The maximum Gasteiger partial charge on any atom is 0.0161 e. The molecule has 7 heteroatoms.